The summed E-state index contributed by atoms with van der Waals surface area (Å²) >= 11 is 12.2. The number of hydrogen-bond acceptors (Lipinski definition) is 7. The molecule has 0 fully saturated rings. The average Bonchev–Trinajstić information content (AvgIpc) is 2.84. The zero-order chi connectivity index (χ0) is 26.9. The normalized spacial score (nSPS) is 11.7. The average molecular weight is 560 g/mol. The van der Waals surface area contributed by atoms with Gasteiger partial charge < -0.3 is 15.2 Å². The molecule has 0 aliphatic rings. The number of halogens is 2. The van der Waals surface area contributed by atoms with Crippen LogP contribution in [0.2, 0.25) is 10.0 Å². The van der Waals surface area contributed by atoms with Gasteiger partial charge in [0, 0.05) is 11.5 Å². The number of nitrogens with one attached hydrogen (secondary N) is 1. The van der Waals surface area contributed by atoms with Gasteiger partial charge in [0.05, 0.1) is 34.1 Å². The maximum atomic E-state index is 13.1. The van der Waals surface area contributed by atoms with Crippen LogP contribution in [0.5, 0.6) is 11.5 Å². The van der Waals surface area contributed by atoms with Gasteiger partial charge in [-0.25, -0.2) is 0 Å². The van der Waals surface area contributed by atoms with Crippen LogP contribution >= 0.6 is 23.2 Å². The number of phenolic OH excluding ortho intramolecular Hbond substituents is 1. The van der Waals surface area contributed by atoms with Gasteiger partial charge in [0.15, 0.2) is 5.75 Å². The smallest absolute Gasteiger partial charge is 0.296 e. The minimum absolute atomic E-state index is 0.0215. The molecule has 0 unspecified atom stereocenters. The van der Waals surface area contributed by atoms with Gasteiger partial charge in [0.2, 0.25) is 0 Å². The number of benzene rings is 4. The van der Waals surface area contributed by atoms with Crippen LogP contribution in [0.3, 0.4) is 0 Å². The quantitative estimate of drug-likeness (QED) is 0.170. The number of phenols is 1. The Balaban J connectivity index is 1.80. The Morgan fingerprint density at radius 1 is 1.00 bits per heavy atom. The van der Waals surface area contributed by atoms with E-state index in [0.717, 1.165) is 0 Å². The van der Waals surface area contributed by atoms with E-state index in [1.54, 1.807) is 36.4 Å². The second-order valence-electron chi connectivity index (χ2n) is 7.84. The molecule has 9 nitrogen and oxygen atoms in total. The van der Waals surface area contributed by atoms with Crippen molar-refractivity contribution in [1.82, 2.24) is 0 Å². The zero-order valence-electron chi connectivity index (χ0n) is 19.4. The van der Waals surface area contributed by atoms with E-state index in [2.05, 4.69) is 15.5 Å². The summed E-state index contributed by atoms with van der Waals surface area (Å²) in [7, 11) is -3.13. The number of ether oxygens (including phenoxy) is 1. The number of fused-ring (bicyclic) bond motifs is 1. The van der Waals surface area contributed by atoms with Gasteiger partial charge in [-0.05, 0) is 48.2 Å². The summed E-state index contributed by atoms with van der Waals surface area (Å²) in [6.45, 7) is 1.41. The second-order valence-corrected chi connectivity index (χ2v) is 10.0. The predicted octanol–water partition coefficient (Wildman–Crippen LogP) is 7.08. The molecule has 12 heteroatoms. The van der Waals surface area contributed by atoms with Crippen LogP contribution in [0.25, 0.3) is 10.8 Å². The highest BCUT2D eigenvalue weighted by Gasteiger charge is 2.22. The van der Waals surface area contributed by atoms with Crippen molar-refractivity contribution in [2.24, 2.45) is 10.2 Å². The third kappa shape index (κ3) is 5.37. The predicted molar refractivity (Wildman–Crippen MR) is 142 cm³/mol. The van der Waals surface area contributed by atoms with Gasteiger partial charge in [-0.2, -0.15) is 13.5 Å². The molecule has 190 valence electrons. The fourth-order valence-electron chi connectivity index (χ4n) is 3.68. The van der Waals surface area contributed by atoms with Gasteiger partial charge in [-0.3, -0.25) is 9.35 Å². The van der Waals surface area contributed by atoms with Crippen LogP contribution in [0.1, 0.15) is 15.9 Å². The zero-order valence-corrected chi connectivity index (χ0v) is 21.7. The third-order valence-corrected chi connectivity index (χ3v) is 7.29. The van der Waals surface area contributed by atoms with Crippen LogP contribution < -0.4 is 10.1 Å². The van der Waals surface area contributed by atoms with E-state index in [9.17, 15) is 22.9 Å². The molecule has 0 radical (unpaired) electrons. The number of anilines is 1. The Kier molecular flexibility index (Phi) is 7.37. The molecule has 1 amide bonds. The highest BCUT2D eigenvalue weighted by atomic mass is 35.5. The molecule has 0 atom stereocenters. The molecule has 0 aliphatic heterocycles. The summed E-state index contributed by atoms with van der Waals surface area (Å²) in [6.07, 6.45) is 0. The summed E-state index contributed by atoms with van der Waals surface area (Å²) in [4.78, 5) is 12.6. The van der Waals surface area contributed by atoms with Crippen LogP contribution in [0.4, 0.5) is 17.1 Å². The lowest BCUT2D eigenvalue weighted by Crippen LogP contribution is -2.12. The molecule has 0 heterocycles. The Hall–Kier alpha value is -3.70. The fraction of sp³-hybridized carbons (Fsp3) is 0.0800. The number of carbonyl (C=O) groups is 1. The molecule has 0 saturated heterocycles. The minimum atomic E-state index is -4.62. The first-order valence-electron chi connectivity index (χ1n) is 10.6. The second kappa shape index (κ2) is 10.3. The highest BCUT2D eigenvalue weighted by molar-refractivity contribution is 7.86. The molecule has 37 heavy (non-hydrogen) atoms. The summed E-state index contributed by atoms with van der Waals surface area (Å²) in [5.41, 5.74) is 0.335. The number of rotatable bonds is 6. The summed E-state index contributed by atoms with van der Waals surface area (Å²) in [5, 5.41) is 23.1. The first kappa shape index (κ1) is 26.4. The molecule has 4 aromatic rings. The number of methoxy groups -OCH3 is 1. The van der Waals surface area contributed by atoms with Gasteiger partial charge in [0.1, 0.15) is 16.3 Å². The number of nitrogens with zero attached hydrogens (tertiary/aromatic N) is 2. The van der Waals surface area contributed by atoms with E-state index in [0.29, 0.717) is 22.2 Å². The molecule has 4 aromatic carbocycles. The van der Waals surface area contributed by atoms with E-state index >= 15 is 0 Å². The molecular formula is C25H19Cl2N3O6S. The van der Waals surface area contributed by atoms with Crippen molar-refractivity contribution in [2.45, 2.75) is 11.8 Å². The maximum Gasteiger partial charge on any atom is 0.296 e. The van der Waals surface area contributed by atoms with E-state index < -0.39 is 26.7 Å². The van der Waals surface area contributed by atoms with Crippen LogP contribution in [0.15, 0.2) is 75.8 Å². The van der Waals surface area contributed by atoms with Crippen molar-refractivity contribution < 1.29 is 27.6 Å². The van der Waals surface area contributed by atoms with Crippen molar-refractivity contribution >= 4 is 67.1 Å². The van der Waals surface area contributed by atoms with Gasteiger partial charge in [-0.15, -0.1) is 5.11 Å². The topological polar surface area (TPSA) is 138 Å². The van der Waals surface area contributed by atoms with Gasteiger partial charge in [0.25, 0.3) is 16.0 Å². The molecule has 0 saturated carbocycles. The van der Waals surface area contributed by atoms with E-state index in [4.69, 9.17) is 27.9 Å². The van der Waals surface area contributed by atoms with Crippen LogP contribution in [-0.4, -0.2) is 31.1 Å². The first-order chi connectivity index (χ1) is 17.5. The minimum Gasteiger partial charge on any atom is -0.505 e. The van der Waals surface area contributed by atoms with Crippen LogP contribution in [-0.2, 0) is 10.1 Å². The monoisotopic (exact) mass is 559 g/mol. The Morgan fingerprint density at radius 3 is 2.41 bits per heavy atom. The van der Waals surface area contributed by atoms with Gasteiger partial charge in [-0.1, -0.05) is 47.5 Å². The summed E-state index contributed by atoms with van der Waals surface area (Å²) in [6, 6.07) is 15.8. The fourth-order valence-corrected chi connectivity index (χ4v) is 5.20. The largest absolute Gasteiger partial charge is 0.505 e. The molecule has 4 rings (SSSR count). The molecule has 0 bridgehead atoms. The Labute approximate surface area is 222 Å². The molecule has 0 aromatic heterocycles. The van der Waals surface area contributed by atoms with E-state index in [1.165, 1.54) is 38.3 Å². The van der Waals surface area contributed by atoms with Crippen molar-refractivity contribution in [3.8, 4) is 11.5 Å². The standard InChI is InChI=1S/C25H19Cl2N3O6S/c1-13-20(10-8-18(26)24(13)37(33,34)35)29-30-22-16-6-4-3-5-14(16)11-17(23(22)31)25(32)28-21-9-7-15(36-2)12-19(21)27/h3-12,31H,1-2H3,(H,28,32)(H,33,34,35). The van der Waals surface area contributed by atoms with Crippen LogP contribution in [0, 0.1) is 6.92 Å². The van der Waals surface area contributed by atoms with Crippen molar-refractivity contribution in [2.75, 3.05) is 12.4 Å². The summed E-state index contributed by atoms with van der Waals surface area (Å²) < 4.78 is 38.2. The number of aromatic hydroxyl groups is 1. The Morgan fingerprint density at radius 2 is 1.73 bits per heavy atom. The highest BCUT2D eigenvalue weighted by Crippen LogP contribution is 2.41. The third-order valence-electron chi connectivity index (χ3n) is 5.51. The number of hydrogen-bond donors (Lipinski definition) is 3. The van der Waals surface area contributed by atoms with Crippen molar-refractivity contribution in [3.63, 3.8) is 0 Å². The maximum absolute atomic E-state index is 13.1. The molecule has 0 aliphatic carbocycles. The summed E-state index contributed by atoms with van der Waals surface area (Å²) in [5.74, 6) is -0.594. The Bertz CT molecular complexity index is 1690. The SMILES string of the molecule is COc1ccc(NC(=O)c2cc3ccccc3c(N=Nc3ccc(Cl)c(S(=O)(=O)O)c3C)c2O)c(Cl)c1. The lowest BCUT2D eigenvalue weighted by atomic mass is 10.0. The lowest BCUT2D eigenvalue weighted by molar-refractivity contribution is 0.102. The van der Waals surface area contributed by atoms with Crippen molar-refractivity contribution in [3.05, 3.63) is 81.8 Å². The molecule has 3 N–H and O–H groups in total. The van der Waals surface area contributed by atoms with Gasteiger partial charge >= 0.3 is 0 Å². The number of amides is 1. The molecular weight excluding hydrogens is 541 g/mol. The number of carbonyl (C=O) groups excluding carboxylic acids is 1. The first-order valence-corrected chi connectivity index (χ1v) is 12.8. The van der Waals surface area contributed by atoms with E-state index in [-0.39, 0.29) is 32.5 Å². The van der Waals surface area contributed by atoms with E-state index in [1.807, 2.05) is 0 Å². The number of azo groups is 1. The molecule has 0 spiro atoms. The lowest BCUT2D eigenvalue weighted by Gasteiger charge is -2.12. The van der Waals surface area contributed by atoms with Crippen molar-refractivity contribution in [1.29, 1.82) is 0 Å².